The van der Waals surface area contributed by atoms with E-state index >= 15 is 0 Å². The Bertz CT molecular complexity index is 805. The summed E-state index contributed by atoms with van der Waals surface area (Å²) in [6, 6.07) is 8.19. The van der Waals surface area contributed by atoms with Crippen LogP contribution in [0.4, 0.5) is 10.6 Å². The first-order valence-corrected chi connectivity index (χ1v) is 8.19. The van der Waals surface area contributed by atoms with Crippen LogP contribution in [0, 0.1) is 17.0 Å². The Kier molecular flexibility index (Phi) is 6.86. The molecule has 144 valence electrons. The zero-order chi connectivity index (χ0) is 19.8. The Morgan fingerprint density at radius 2 is 2.00 bits per heavy atom. The Balaban J connectivity index is 1.74. The fourth-order valence-corrected chi connectivity index (χ4v) is 2.24. The van der Waals surface area contributed by atoms with Gasteiger partial charge >= 0.3 is 17.9 Å². The Hall–Kier alpha value is -3.43. The van der Waals surface area contributed by atoms with E-state index in [-0.39, 0.29) is 25.6 Å². The molecule has 1 aromatic carbocycles. The predicted molar refractivity (Wildman–Crippen MR) is 93.8 cm³/mol. The van der Waals surface area contributed by atoms with Gasteiger partial charge in [0, 0.05) is 6.92 Å². The number of ether oxygens (including phenoxy) is 2. The summed E-state index contributed by atoms with van der Waals surface area (Å²) in [5.74, 6) is -0.417. The maximum atomic E-state index is 11.9. The largest absolute Gasteiger partial charge is 0.460 e. The molecule has 0 radical (unpaired) electrons. The highest BCUT2D eigenvalue weighted by Crippen LogP contribution is 2.13. The van der Waals surface area contributed by atoms with Crippen LogP contribution in [0.2, 0.25) is 0 Å². The third-order valence-corrected chi connectivity index (χ3v) is 3.68. The molecule has 1 aromatic heterocycles. The molecule has 0 aliphatic carbocycles. The maximum Gasteiger partial charge on any atom is 0.408 e. The number of nitro groups is 1. The highest BCUT2D eigenvalue weighted by atomic mass is 16.6. The maximum absolute atomic E-state index is 11.9. The van der Waals surface area contributed by atoms with E-state index in [2.05, 4.69) is 10.3 Å². The van der Waals surface area contributed by atoms with Crippen LogP contribution in [0.3, 0.4) is 0 Å². The third-order valence-electron chi connectivity index (χ3n) is 3.68. The first-order chi connectivity index (χ1) is 12.9. The highest BCUT2D eigenvalue weighted by molar-refractivity contribution is 5.80. The molecular formula is C17H20N4O6. The summed E-state index contributed by atoms with van der Waals surface area (Å²) < 4.78 is 11.4. The number of amides is 1. The highest BCUT2D eigenvalue weighted by Gasteiger charge is 2.20. The molecule has 27 heavy (non-hydrogen) atoms. The molecule has 1 heterocycles. The molecule has 0 fully saturated rings. The quantitative estimate of drug-likeness (QED) is 0.424. The summed E-state index contributed by atoms with van der Waals surface area (Å²) in [7, 11) is 0. The number of carbonyl (C=O) groups is 2. The summed E-state index contributed by atoms with van der Waals surface area (Å²) >= 11 is 0. The van der Waals surface area contributed by atoms with Crippen molar-refractivity contribution in [2.75, 3.05) is 6.61 Å². The van der Waals surface area contributed by atoms with Gasteiger partial charge in [-0.1, -0.05) is 30.3 Å². The molecule has 10 nitrogen and oxygen atoms in total. The minimum absolute atomic E-state index is 0.0814. The fourth-order valence-electron chi connectivity index (χ4n) is 2.24. The molecule has 1 N–H and O–H groups in total. The van der Waals surface area contributed by atoms with Gasteiger partial charge in [0.1, 0.15) is 32.0 Å². The molecule has 2 aromatic rings. The van der Waals surface area contributed by atoms with Crippen molar-refractivity contribution < 1.29 is 24.0 Å². The minimum Gasteiger partial charge on any atom is -0.460 e. The van der Waals surface area contributed by atoms with Crippen LogP contribution in [0.1, 0.15) is 18.3 Å². The van der Waals surface area contributed by atoms with E-state index in [0.29, 0.717) is 5.82 Å². The van der Waals surface area contributed by atoms with Gasteiger partial charge in [0.05, 0.1) is 0 Å². The van der Waals surface area contributed by atoms with Crippen LogP contribution in [0.15, 0.2) is 36.5 Å². The van der Waals surface area contributed by atoms with Gasteiger partial charge in [-0.15, -0.1) is 0 Å². The first kappa shape index (κ1) is 19.9. The van der Waals surface area contributed by atoms with Gasteiger partial charge in [-0.05, 0) is 17.4 Å². The van der Waals surface area contributed by atoms with E-state index < -0.39 is 23.0 Å². The van der Waals surface area contributed by atoms with Gasteiger partial charge in [-0.25, -0.2) is 19.1 Å². The number of imidazole rings is 1. The molecule has 2 rings (SSSR count). The van der Waals surface area contributed by atoms with E-state index in [0.717, 1.165) is 11.8 Å². The van der Waals surface area contributed by atoms with Crippen molar-refractivity contribution >= 4 is 17.9 Å². The SMILES string of the molecule is Cc1ncc([N+](=O)[O-])n1CCOC(=O)[C@H](C)NC(=O)OCc1ccccc1. The summed E-state index contributed by atoms with van der Waals surface area (Å²) in [6.45, 7) is 3.14. The number of nitrogens with zero attached hydrogens (tertiary/aromatic N) is 3. The van der Waals surface area contributed by atoms with E-state index in [9.17, 15) is 19.7 Å². The van der Waals surface area contributed by atoms with E-state index in [1.165, 1.54) is 11.5 Å². The van der Waals surface area contributed by atoms with Gasteiger partial charge in [0.2, 0.25) is 0 Å². The Morgan fingerprint density at radius 1 is 1.30 bits per heavy atom. The lowest BCUT2D eigenvalue weighted by Gasteiger charge is -2.13. The molecule has 1 amide bonds. The monoisotopic (exact) mass is 376 g/mol. The van der Waals surface area contributed by atoms with Gasteiger partial charge in [0.25, 0.3) is 0 Å². The number of hydrogen-bond donors (Lipinski definition) is 1. The summed E-state index contributed by atoms with van der Waals surface area (Å²) in [6.07, 6.45) is 0.397. The van der Waals surface area contributed by atoms with Gasteiger partial charge in [-0.2, -0.15) is 0 Å². The van der Waals surface area contributed by atoms with Crippen LogP contribution in [0.25, 0.3) is 0 Å². The third kappa shape index (κ3) is 5.80. The molecule has 0 aliphatic rings. The molecule has 0 aliphatic heterocycles. The molecule has 0 saturated carbocycles. The van der Waals surface area contributed by atoms with Crippen molar-refractivity contribution in [2.45, 2.75) is 33.0 Å². The minimum atomic E-state index is -0.924. The number of aryl methyl sites for hydroxylation is 1. The number of esters is 1. The van der Waals surface area contributed by atoms with E-state index in [1.807, 2.05) is 30.3 Å². The average Bonchev–Trinajstić information content (AvgIpc) is 3.01. The number of aromatic nitrogens is 2. The number of carbonyl (C=O) groups excluding carboxylic acids is 2. The number of hydrogen-bond acceptors (Lipinski definition) is 7. The molecule has 1 atom stereocenters. The molecular weight excluding hydrogens is 356 g/mol. The van der Waals surface area contributed by atoms with Crippen LogP contribution < -0.4 is 5.32 Å². The number of rotatable bonds is 8. The lowest BCUT2D eigenvalue weighted by molar-refractivity contribution is -0.392. The summed E-state index contributed by atoms with van der Waals surface area (Å²) in [4.78, 5) is 37.9. The van der Waals surface area contributed by atoms with Gasteiger partial charge in [-0.3, -0.25) is 0 Å². The molecule has 0 bridgehead atoms. The van der Waals surface area contributed by atoms with Gasteiger partial charge < -0.3 is 24.9 Å². The standard InChI is InChI=1S/C17H20N4O6/c1-12(19-17(23)27-11-14-6-4-3-5-7-14)16(22)26-9-8-20-13(2)18-10-15(20)21(24)25/h3-7,10,12H,8-9,11H2,1-2H3,(H,19,23)/t12-/m0/s1. The second-order valence-corrected chi connectivity index (χ2v) is 5.67. The van der Waals surface area contributed by atoms with Crippen molar-refractivity contribution in [2.24, 2.45) is 0 Å². The number of alkyl carbamates (subject to hydrolysis) is 1. The lowest BCUT2D eigenvalue weighted by Crippen LogP contribution is -2.40. The molecule has 0 unspecified atom stereocenters. The number of nitrogens with one attached hydrogen (secondary N) is 1. The van der Waals surface area contributed by atoms with Crippen LogP contribution in [0.5, 0.6) is 0 Å². The second kappa shape index (κ2) is 9.32. The van der Waals surface area contributed by atoms with Gasteiger partial charge in [0.15, 0.2) is 5.82 Å². The van der Waals surface area contributed by atoms with Crippen molar-refractivity contribution in [1.82, 2.24) is 14.9 Å². The van der Waals surface area contributed by atoms with Crippen molar-refractivity contribution in [3.8, 4) is 0 Å². The average molecular weight is 376 g/mol. The zero-order valence-corrected chi connectivity index (χ0v) is 15.0. The fraction of sp³-hybridized carbons (Fsp3) is 0.353. The van der Waals surface area contributed by atoms with Crippen LogP contribution in [-0.2, 0) is 27.4 Å². The molecule has 0 saturated heterocycles. The van der Waals surface area contributed by atoms with Crippen LogP contribution in [-0.4, -0.2) is 39.2 Å². The number of benzene rings is 1. The Morgan fingerprint density at radius 3 is 2.67 bits per heavy atom. The van der Waals surface area contributed by atoms with Crippen molar-refractivity contribution in [3.05, 3.63) is 58.0 Å². The predicted octanol–water partition coefficient (Wildman–Crippen LogP) is 1.96. The molecule has 0 spiro atoms. The zero-order valence-electron chi connectivity index (χ0n) is 15.0. The summed E-state index contributed by atoms with van der Waals surface area (Å²) in [5.41, 5.74) is 0.820. The first-order valence-electron chi connectivity index (χ1n) is 8.19. The smallest absolute Gasteiger partial charge is 0.408 e. The van der Waals surface area contributed by atoms with Crippen molar-refractivity contribution in [3.63, 3.8) is 0 Å². The lowest BCUT2D eigenvalue weighted by atomic mass is 10.2. The second-order valence-electron chi connectivity index (χ2n) is 5.67. The summed E-state index contributed by atoms with van der Waals surface area (Å²) in [5, 5.41) is 13.3. The van der Waals surface area contributed by atoms with E-state index in [1.54, 1.807) is 6.92 Å². The topological polar surface area (TPSA) is 126 Å². The van der Waals surface area contributed by atoms with Crippen molar-refractivity contribution in [1.29, 1.82) is 0 Å². The normalized spacial score (nSPS) is 11.5. The Labute approximate surface area is 155 Å². The van der Waals surface area contributed by atoms with Crippen LogP contribution >= 0.6 is 0 Å². The molecule has 10 heteroatoms. The van der Waals surface area contributed by atoms with E-state index in [4.69, 9.17) is 9.47 Å².